The SMILES string of the molecule is CC1=CC[C-]=C1.CC1=CC[C-]=C1.C[C](C)=[Ti+2].Cl.Cl. The molecule has 0 saturated carbocycles. The van der Waals surface area contributed by atoms with Crippen molar-refractivity contribution in [3.63, 3.8) is 0 Å². The van der Waals surface area contributed by atoms with Gasteiger partial charge in [0.1, 0.15) is 0 Å². The summed E-state index contributed by atoms with van der Waals surface area (Å²) in [6.07, 6.45) is 16.5. The quantitative estimate of drug-likeness (QED) is 0.436. The second-order valence-electron chi connectivity index (χ2n) is 4.00. The average molecular weight is 321 g/mol. The molecule has 0 spiro atoms. The molecule has 0 N–H and O–H groups in total. The molecule has 0 unspecified atom stereocenters. The van der Waals surface area contributed by atoms with E-state index in [2.05, 4.69) is 72.0 Å². The molecule has 0 fully saturated rings. The molecule has 3 heteroatoms. The largest absolute Gasteiger partial charge is 0.147 e. The first-order valence-electron chi connectivity index (χ1n) is 5.51. The van der Waals surface area contributed by atoms with Crippen LogP contribution in [-0.4, -0.2) is 3.81 Å². The van der Waals surface area contributed by atoms with Crippen molar-refractivity contribution in [3.8, 4) is 0 Å². The van der Waals surface area contributed by atoms with Crippen LogP contribution in [0.1, 0.15) is 40.5 Å². The minimum Gasteiger partial charge on any atom is -0.147 e. The van der Waals surface area contributed by atoms with Crippen LogP contribution in [0.2, 0.25) is 0 Å². The Morgan fingerprint density at radius 2 is 1.22 bits per heavy atom. The van der Waals surface area contributed by atoms with Crippen LogP contribution in [-0.2, 0) is 20.0 Å². The Hall–Kier alpha value is 0.124. The van der Waals surface area contributed by atoms with Crippen molar-refractivity contribution in [2.45, 2.75) is 40.5 Å². The second-order valence-corrected chi connectivity index (χ2v) is 5.56. The van der Waals surface area contributed by atoms with Gasteiger partial charge >= 0.3 is 37.6 Å². The third-order valence-corrected chi connectivity index (χ3v) is 1.74. The minimum absolute atomic E-state index is 0. The van der Waals surface area contributed by atoms with Crippen LogP contribution >= 0.6 is 24.8 Å². The van der Waals surface area contributed by atoms with E-state index in [0.717, 1.165) is 12.8 Å². The summed E-state index contributed by atoms with van der Waals surface area (Å²) in [5.41, 5.74) is 2.69. The molecular weight excluding hydrogens is 299 g/mol. The van der Waals surface area contributed by atoms with Gasteiger partial charge in [-0.1, -0.05) is 0 Å². The Morgan fingerprint density at radius 3 is 1.28 bits per heavy atom. The zero-order valence-electron chi connectivity index (χ0n) is 11.5. The first-order chi connectivity index (χ1) is 7.52. The van der Waals surface area contributed by atoms with Crippen LogP contribution in [0.25, 0.3) is 0 Å². The van der Waals surface area contributed by atoms with Crippen LogP contribution < -0.4 is 0 Å². The van der Waals surface area contributed by atoms with Crippen LogP contribution in [0.3, 0.4) is 0 Å². The van der Waals surface area contributed by atoms with E-state index in [0.29, 0.717) is 0 Å². The number of rotatable bonds is 0. The van der Waals surface area contributed by atoms with Gasteiger partial charge in [0, 0.05) is 0 Å². The van der Waals surface area contributed by atoms with Gasteiger partial charge in [0.2, 0.25) is 0 Å². The summed E-state index contributed by atoms with van der Waals surface area (Å²) in [5, 5.41) is 0. The van der Waals surface area contributed by atoms with E-state index < -0.39 is 0 Å². The minimum atomic E-state index is 0. The first kappa shape index (κ1) is 23.2. The molecule has 0 bridgehead atoms. The maximum Gasteiger partial charge on any atom is -0.147 e. The fourth-order valence-corrected chi connectivity index (χ4v) is 0.998. The Morgan fingerprint density at radius 1 is 0.944 bits per heavy atom. The molecule has 0 nitrogen and oxygen atoms in total. The van der Waals surface area contributed by atoms with E-state index in [-0.39, 0.29) is 24.8 Å². The van der Waals surface area contributed by atoms with E-state index >= 15 is 0 Å². The summed E-state index contributed by atoms with van der Waals surface area (Å²) in [4.78, 5) is 0. The van der Waals surface area contributed by atoms with E-state index in [9.17, 15) is 0 Å². The molecule has 0 aliphatic heterocycles. The Balaban J connectivity index is -0.000000182. The molecule has 2 rings (SSSR count). The normalized spacial score (nSPS) is 13.9. The van der Waals surface area contributed by atoms with Crippen molar-refractivity contribution >= 4 is 28.6 Å². The van der Waals surface area contributed by atoms with Crippen molar-refractivity contribution in [3.05, 3.63) is 47.6 Å². The van der Waals surface area contributed by atoms with E-state index in [4.69, 9.17) is 0 Å². The van der Waals surface area contributed by atoms with Crippen LogP contribution in [0.4, 0.5) is 0 Å². The summed E-state index contributed by atoms with van der Waals surface area (Å²) < 4.78 is 1.42. The van der Waals surface area contributed by atoms with Gasteiger partial charge in [0.25, 0.3) is 0 Å². The van der Waals surface area contributed by atoms with Gasteiger partial charge in [-0.05, 0) is 0 Å². The van der Waals surface area contributed by atoms with E-state index in [1.807, 2.05) is 12.2 Å². The average Bonchev–Trinajstić information content (AvgIpc) is 2.78. The van der Waals surface area contributed by atoms with Crippen LogP contribution in [0.15, 0.2) is 35.5 Å². The Bertz CT molecular complexity index is 299. The molecule has 0 heterocycles. The number of allylic oxidation sites excluding steroid dienone is 8. The van der Waals surface area contributed by atoms with E-state index in [1.54, 1.807) is 0 Å². The van der Waals surface area contributed by atoms with Crippen molar-refractivity contribution in [1.29, 1.82) is 0 Å². The molecule has 0 saturated heterocycles. The molecule has 18 heavy (non-hydrogen) atoms. The van der Waals surface area contributed by atoms with Crippen LogP contribution in [0.5, 0.6) is 0 Å². The monoisotopic (exact) mass is 320 g/mol. The standard InChI is InChI=1S/2C6H7.C3H6.2ClH.Ti/c2*1-6-4-2-3-5-6;1-3-2;;;/h2*4-5H,2H2,1H3;1-2H3;2*1H;/q2*-1;;;;+2. The van der Waals surface area contributed by atoms with E-state index in [1.165, 1.54) is 15.0 Å². The third-order valence-electron chi connectivity index (χ3n) is 1.74. The molecule has 0 aromatic rings. The number of hydrogen-bond donors (Lipinski definition) is 0. The fraction of sp³-hybridized carbons (Fsp3) is 0.400. The van der Waals surface area contributed by atoms with Gasteiger partial charge in [-0.25, -0.2) is 23.3 Å². The van der Waals surface area contributed by atoms with Crippen molar-refractivity contribution in [1.82, 2.24) is 0 Å². The van der Waals surface area contributed by atoms with Gasteiger partial charge in [0.05, 0.1) is 0 Å². The van der Waals surface area contributed by atoms with Gasteiger partial charge in [-0.2, -0.15) is 12.2 Å². The van der Waals surface area contributed by atoms with Crippen molar-refractivity contribution in [2.75, 3.05) is 0 Å². The molecule has 0 amide bonds. The Kier molecular flexibility index (Phi) is 19.6. The Labute approximate surface area is 136 Å². The summed E-state index contributed by atoms with van der Waals surface area (Å²) in [6.45, 7) is 8.33. The summed E-state index contributed by atoms with van der Waals surface area (Å²) in [7, 11) is 0. The van der Waals surface area contributed by atoms with Gasteiger partial charge < -0.3 is 0 Å². The van der Waals surface area contributed by atoms with Crippen molar-refractivity contribution < 1.29 is 20.0 Å². The second kappa shape index (κ2) is 15.2. The summed E-state index contributed by atoms with van der Waals surface area (Å²) in [5.74, 6) is 0. The van der Waals surface area contributed by atoms with Crippen molar-refractivity contribution in [2.24, 2.45) is 0 Å². The summed E-state index contributed by atoms with van der Waals surface area (Å²) in [6, 6.07) is 0. The number of halogens is 2. The molecular formula is C15H22Cl2Ti. The molecule has 2 aliphatic rings. The zero-order chi connectivity index (χ0) is 12.4. The number of hydrogen-bond acceptors (Lipinski definition) is 0. The van der Waals surface area contributed by atoms with Crippen LogP contribution in [0, 0.1) is 12.2 Å². The third kappa shape index (κ3) is 18.5. The summed E-state index contributed by atoms with van der Waals surface area (Å²) >= 11 is 2.08. The molecule has 0 radical (unpaired) electrons. The molecule has 0 aromatic heterocycles. The van der Waals surface area contributed by atoms with Gasteiger partial charge in [0.15, 0.2) is 0 Å². The first-order valence-corrected chi connectivity index (χ1v) is 6.29. The molecule has 2 aliphatic carbocycles. The predicted molar refractivity (Wildman–Crippen MR) is 83.2 cm³/mol. The molecule has 100 valence electrons. The maximum atomic E-state index is 3.05. The van der Waals surface area contributed by atoms with Gasteiger partial charge in [-0.3, -0.25) is 12.2 Å². The molecule has 0 aromatic carbocycles. The molecule has 0 atom stereocenters. The zero-order valence-corrected chi connectivity index (χ0v) is 14.7. The maximum absolute atomic E-state index is 3.05. The predicted octanol–water partition coefficient (Wildman–Crippen LogP) is 4.98. The smallest absolute Gasteiger partial charge is 0.147 e. The fourth-order valence-electron chi connectivity index (χ4n) is 0.998. The topological polar surface area (TPSA) is 0 Å². The van der Waals surface area contributed by atoms with Gasteiger partial charge in [-0.15, -0.1) is 51.5 Å².